The molecule has 182 valence electrons. The van der Waals surface area contributed by atoms with Gasteiger partial charge in [-0.1, -0.05) is 12.1 Å². The van der Waals surface area contributed by atoms with Crippen LogP contribution in [0.25, 0.3) is 11.2 Å². The zero-order valence-corrected chi connectivity index (χ0v) is 18.3. The van der Waals surface area contributed by atoms with Crippen LogP contribution in [0.1, 0.15) is 16.6 Å². The first-order chi connectivity index (χ1) is 16.1. The average molecular weight is 497 g/mol. The molecule has 3 aromatic rings. The minimum Gasteiger partial charge on any atom is -0.496 e. The van der Waals surface area contributed by atoms with Crippen LogP contribution in [0.5, 0.6) is 5.75 Å². The number of carbonyl (C=O) groups excluding carboxylic acids is 1. The second-order valence-corrected chi connectivity index (χ2v) is 8.47. The van der Waals surface area contributed by atoms with E-state index in [1.807, 2.05) is 0 Å². The first-order valence-electron chi connectivity index (χ1n) is 9.72. The van der Waals surface area contributed by atoms with Crippen LogP contribution < -0.4 is 15.7 Å². The van der Waals surface area contributed by atoms with Crippen LogP contribution in [0.4, 0.5) is 5.82 Å². The standard InChI is InChI=1S/C18H20N5O10P/c1-31-9-5-3-2-4-8(9)16(26)20-14-11-15(22-18(27)21-14)23(7-19-11)17-13(25)12(24)10(33-17)6-32-34(28,29)30/h2-5,7,10,12-13,17,24-25H,6H2,1H3,(H2,28,29,30)(H2,20,21,22,26,27)/t10-,12-,13-,17-/m1/s1. The van der Waals surface area contributed by atoms with Gasteiger partial charge in [0, 0.05) is 0 Å². The highest BCUT2D eigenvalue weighted by atomic mass is 31.2. The lowest BCUT2D eigenvalue weighted by atomic mass is 10.1. The number of ether oxygens (including phenoxy) is 2. The van der Waals surface area contributed by atoms with Gasteiger partial charge in [0.2, 0.25) is 0 Å². The lowest BCUT2D eigenvalue weighted by Crippen LogP contribution is -2.33. The van der Waals surface area contributed by atoms with Gasteiger partial charge in [0.1, 0.15) is 35.4 Å². The molecule has 0 spiro atoms. The Kier molecular flexibility index (Phi) is 6.51. The van der Waals surface area contributed by atoms with E-state index in [0.717, 1.165) is 10.9 Å². The van der Waals surface area contributed by atoms with Crippen molar-refractivity contribution in [2.24, 2.45) is 0 Å². The van der Waals surface area contributed by atoms with Gasteiger partial charge in [-0.05, 0) is 12.1 Å². The largest absolute Gasteiger partial charge is 0.496 e. The number of aliphatic hydroxyl groups is 2. The van der Waals surface area contributed by atoms with Crippen LogP contribution in [0.3, 0.4) is 0 Å². The van der Waals surface area contributed by atoms with Crippen molar-refractivity contribution in [3.8, 4) is 5.75 Å². The number of fused-ring (bicyclic) bond motifs is 1. The number of phosphoric ester groups is 1. The second kappa shape index (κ2) is 9.23. The molecule has 15 nitrogen and oxygen atoms in total. The summed E-state index contributed by atoms with van der Waals surface area (Å²) in [5.41, 5.74) is -0.699. The van der Waals surface area contributed by atoms with Gasteiger partial charge >= 0.3 is 13.5 Å². The number of nitrogens with zero attached hydrogens (tertiary/aromatic N) is 3. The Hall–Kier alpha value is -3.17. The molecule has 4 atom stereocenters. The summed E-state index contributed by atoms with van der Waals surface area (Å²) < 4.78 is 27.1. The summed E-state index contributed by atoms with van der Waals surface area (Å²) in [6, 6.07) is 6.43. The monoisotopic (exact) mass is 497 g/mol. The maximum atomic E-state index is 12.8. The lowest BCUT2D eigenvalue weighted by molar-refractivity contribution is -0.0504. The third-order valence-electron chi connectivity index (χ3n) is 5.05. The minimum atomic E-state index is -4.84. The van der Waals surface area contributed by atoms with E-state index >= 15 is 0 Å². The molecule has 16 heteroatoms. The molecule has 0 unspecified atom stereocenters. The van der Waals surface area contributed by atoms with E-state index in [1.165, 1.54) is 13.2 Å². The quantitative estimate of drug-likeness (QED) is 0.219. The number of nitrogens with one attached hydrogen (secondary N) is 2. The van der Waals surface area contributed by atoms with Crippen molar-refractivity contribution in [1.82, 2.24) is 19.5 Å². The number of imidazole rings is 1. The molecule has 4 rings (SSSR count). The van der Waals surface area contributed by atoms with Crippen molar-refractivity contribution < 1.29 is 43.4 Å². The van der Waals surface area contributed by atoms with Crippen LogP contribution >= 0.6 is 7.82 Å². The van der Waals surface area contributed by atoms with E-state index in [1.54, 1.807) is 18.2 Å². The topological polar surface area (TPSA) is 218 Å². The van der Waals surface area contributed by atoms with Crippen molar-refractivity contribution in [2.75, 3.05) is 19.0 Å². The Morgan fingerprint density at radius 1 is 1.29 bits per heavy atom. The molecule has 0 radical (unpaired) electrons. The fourth-order valence-corrected chi connectivity index (χ4v) is 3.83. The van der Waals surface area contributed by atoms with Gasteiger partial charge in [0.15, 0.2) is 11.9 Å². The molecule has 1 fully saturated rings. The third kappa shape index (κ3) is 4.71. The summed E-state index contributed by atoms with van der Waals surface area (Å²) in [6.45, 7) is -0.708. The van der Waals surface area contributed by atoms with E-state index in [4.69, 9.17) is 19.3 Å². The van der Waals surface area contributed by atoms with Gasteiger partial charge < -0.3 is 34.8 Å². The van der Waals surface area contributed by atoms with Crippen molar-refractivity contribution >= 4 is 30.7 Å². The highest BCUT2D eigenvalue weighted by molar-refractivity contribution is 7.46. The first kappa shape index (κ1) is 24.0. The molecule has 34 heavy (non-hydrogen) atoms. The number of amides is 1. The number of H-pyrrole nitrogens is 1. The Bertz CT molecular complexity index is 1320. The fourth-order valence-electron chi connectivity index (χ4n) is 3.49. The number of anilines is 1. The summed E-state index contributed by atoms with van der Waals surface area (Å²) in [4.78, 5) is 53.0. The second-order valence-electron chi connectivity index (χ2n) is 7.23. The smallest absolute Gasteiger partial charge is 0.469 e. The summed E-state index contributed by atoms with van der Waals surface area (Å²) in [5, 5.41) is 23.1. The third-order valence-corrected chi connectivity index (χ3v) is 5.54. The molecule has 0 aliphatic carbocycles. The predicted octanol–water partition coefficient (Wildman–Crippen LogP) is -0.891. The average Bonchev–Trinajstić information content (AvgIpc) is 3.32. The van der Waals surface area contributed by atoms with E-state index in [9.17, 15) is 24.4 Å². The lowest BCUT2D eigenvalue weighted by Gasteiger charge is -2.16. The van der Waals surface area contributed by atoms with Crippen LogP contribution in [0.2, 0.25) is 0 Å². The number of aliphatic hydroxyl groups excluding tert-OH is 2. The fraction of sp³-hybridized carbons (Fsp3) is 0.333. The zero-order valence-electron chi connectivity index (χ0n) is 17.4. The molecule has 6 N–H and O–H groups in total. The molecular formula is C18H20N5O10P. The molecule has 1 aliphatic rings. The number of hydrogen-bond donors (Lipinski definition) is 6. The van der Waals surface area contributed by atoms with Crippen molar-refractivity contribution in [1.29, 1.82) is 0 Å². The van der Waals surface area contributed by atoms with Crippen molar-refractivity contribution in [3.05, 3.63) is 46.6 Å². The molecule has 1 amide bonds. The van der Waals surface area contributed by atoms with E-state index < -0.39 is 50.6 Å². The summed E-state index contributed by atoms with van der Waals surface area (Å²) >= 11 is 0. The van der Waals surface area contributed by atoms with E-state index in [2.05, 4.69) is 24.8 Å². The molecular weight excluding hydrogens is 477 g/mol. The Morgan fingerprint density at radius 3 is 2.74 bits per heavy atom. The number of rotatable bonds is 7. The first-order valence-corrected chi connectivity index (χ1v) is 11.2. The van der Waals surface area contributed by atoms with Crippen molar-refractivity contribution in [2.45, 2.75) is 24.5 Å². The SMILES string of the molecule is COc1ccccc1C(=O)Nc1[nH]c(=O)nc2c1ncn2[C@@H]1O[C@H](COP(=O)(O)O)[C@@H](O)[C@H]1O. The number of aromatic amines is 1. The van der Waals surface area contributed by atoms with Crippen LogP contribution in [0.15, 0.2) is 35.4 Å². The normalized spacial score (nSPS) is 22.7. The van der Waals surface area contributed by atoms with Gasteiger partial charge in [-0.25, -0.2) is 14.3 Å². The predicted molar refractivity (Wildman–Crippen MR) is 113 cm³/mol. The van der Waals surface area contributed by atoms with Crippen LogP contribution in [-0.2, 0) is 13.8 Å². The Morgan fingerprint density at radius 2 is 2.03 bits per heavy atom. The van der Waals surface area contributed by atoms with Crippen LogP contribution in [0, 0.1) is 0 Å². The Balaban J connectivity index is 1.64. The number of phosphoric acid groups is 1. The highest BCUT2D eigenvalue weighted by Crippen LogP contribution is 2.39. The summed E-state index contributed by atoms with van der Waals surface area (Å²) in [6.07, 6.45) is -4.60. The molecule has 0 saturated carbocycles. The van der Waals surface area contributed by atoms with E-state index in [0.29, 0.717) is 5.75 Å². The van der Waals surface area contributed by atoms with Crippen LogP contribution in [-0.4, -0.2) is 77.5 Å². The Labute approximate surface area is 190 Å². The van der Waals surface area contributed by atoms with Gasteiger partial charge in [0.05, 0.1) is 25.6 Å². The number of aromatic nitrogens is 4. The van der Waals surface area contributed by atoms with Gasteiger partial charge in [0.25, 0.3) is 5.91 Å². The minimum absolute atomic E-state index is 0.0445. The zero-order chi connectivity index (χ0) is 24.6. The molecule has 3 heterocycles. The molecule has 1 aromatic carbocycles. The number of para-hydroxylation sites is 1. The summed E-state index contributed by atoms with van der Waals surface area (Å²) in [7, 11) is -3.44. The number of benzene rings is 1. The maximum Gasteiger partial charge on any atom is 0.469 e. The molecule has 2 aromatic heterocycles. The van der Waals surface area contributed by atoms with Gasteiger partial charge in [-0.15, -0.1) is 0 Å². The van der Waals surface area contributed by atoms with Gasteiger partial charge in [-0.3, -0.25) is 18.9 Å². The maximum absolute atomic E-state index is 12.8. The molecule has 1 aliphatic heterocycles. The van der Waals surface area contributed by atoms with Crippen molar-refractivity contribution in [3.63, 3.8) is 0 Å². The number of methoxy groups -OCH3 is 1. The molecule has 0 bridgehead atoms. The number of carbonyl (C=O) groups is 1. The highest BCUT2D eigenvalue weighted by Gasteiger charge is 2.45. The summed E-state index contributed by atoms with van der Waals surface area (Å²) in [5.74, 6) is -0.380. The molecule has 1 saturated heterocycles. The number of hydrogen-bond acceptors (Lipinski definition) is 10. The van der Waals surface area contributed by atoms with E-state index in [-0.39, 0.29) is 22.5 Å². The van der Waals surface area contributed by atoms with Gasteiger partial charge in [-0.2, -0.15) is 4.98 Å².